The van der Waals surface area contributed by atoms with Gasteiger partial charge in [-0.05, 0) is 46.5 Å². The molecule has 0 aromatic rings. The molecule has 1 aliphatic rings. The van der Waals surface area contributed by atoms with E-state index in [4.69, 9.17) is 4.74 Å². The minimum absolute atomic E-state index is 0.160. The van der Waals surface area contributed by atoms with Crippen molar-refractivity contribution in [1.29, 1.82) is 0 Å². The first-order chi connectivity index (χ1) is 10.3. The van der Waals surface area contributed by atoms with Crippen LogP contribution in [0.3, 0.4) is 0 Å². The van der Waals surface area contributed by atoms with Crippen molar-refractivity contribution in [1.82, 2.24) is 0 Å². The molecule has 8 heteroatoms. The van der Waals surface area contributed by atoms with Gasteiger partial charge in [-0.25, -0.2) is 9.59 Å². The first-order valence-corrected chi connectivity index (χ1v) is 7.52. The smallest absolute Gasteiger partial charge is 0.427 e. The van der Waals surface area contributed by atoms with Gasteiger partial charge in [-0.1, -0.05) is 12.8 Å². The highest BCUT2D eigenvalue weighted by Crippen LogP contribution is 2.36. The number of ether oxygens (including phenoxy) is 2. The van der Waals surface area contributed by atoms with E-state index in [9.17, 15) is 27.9 Å². The molecule has 0 aromatic heterocycles. The lowest BCUT2D eigenvalue weighted by atomic mass is 9.89. The first kappa shape index (κ1) is 19.7. The topological polar surface area (TPSA) is 72.8 Å². The van der Waals surface area contributed by atoms with Crippen LogP contribution in [0.5, 0.6) is 0 Å². The molecule has 1 rings (SSSR count). The number of hydrogen-bond acceptors (Lipinski definition) is 5. The van der Waals surface area contributed by atoms with Crippen molar-refractivity contribution in [3.63, 3.8) is 0 Å². The molecule has 5 nitrogen and oxygen atoms in total. The Kier molecular flexibility index (Phi) is 5.72. The average Bonchev–Trinajstić information content (AvgIpc) is 2.91. The number of rotatable bonds is 5. The van der Waals surface area contributed by atoms with Gasteiger partial charge in [0, 0.05) is 0 Å². The Bertz CT molecular complexity index is 451. The minimum atomic E-state index is -5.20. The Labute approximate surface area is 133 Å². The summed E-state index contributed by atoms with van der Waals surface area (Å²) in [6.07, 6.45) is -2.88. The molecule has 1 N–H and O–H groups in total. The highest BCUT2D eigenvalue weighted by atomic mass is 19.4. The van der Waals surface area contributed by atoms with Crippen molar-refractivity contribution >= 4 is 11.9 Å². The molecule has 0 heterocycles. The van der Waals surface area contributed by atoms with E-state index in [1.54, 1.807) is 13.8 Å². The van der Waals surface area contributed by atoms with Crippen LogP contribution in [0.2, 0.25) is 0 Å². The molecule has 0 saturated heterocycles. The second-order valence-corrected chi connectivity index (χ2v) is 6.62. The SMILES string of the molecule is CC(OC(=O)C(C)(O)C(F)(F)F)C(=O)OC(C)(C)C1CCCC1. The van der Waals surface area contributed by atoms with Crippen LogP contribution in [0, 0.1) is 5.92 Å². The number of halogens is 3. The minimum Gasteiger partial charge on any atom is -0.457 e. The number of carbonyl (C=O) groups excluding carboxylic acids is 2. The number of hydrogen-bond donors (Lipinski definition) is 1. The van der Waals surface area contributed by atoms with E-state index in [-0.39, 0.29) is 12.8 Å². The van der Waals surface area contributed by atoms with Crippen molar-refractivity contribution in [2.24, 2.45) is 5.92 Å². The van der Waals surface area contributed by atoms with Gasteiger partial charge in [0.05, 0.1) is 0 Å². The zero-order valence-corrected chi connectivity index (χ0v) is 13.7. The van der Waals surface area contributed by atoms with Crippen LogP contribution in [0.25, 0.3) is 0 Å². The number of alkyl halides is 3. The van der Waals surface area contributed by atoms with Gasteiger partial charge in [0.1, 0.15) is 5.60 Å². The summed E-state index contributed by atoms with van der Waals surface area (Å²) in [6, 6.07) is 0. The van der Waals surface area contributed by atoms with Crippen molar-refractivity contribution < 1.29 is 37.3 Å². The van der Waals surface area contributed by atoms with Gasteiger partial charge < -0.3 is 14.6 Å². The zero-order chi connectivity index (χ0) is 18.1. The number of aliphatic hydroxyl groups is 1. The summed E-state index contributed by atoms with van der Waals surface area (Å²) in [5.41, 5.74) is -4.47. The van der Waals surface area contributed by atoms with E-state index in [2.05, 4.69) is 4.74 Å². The zero-order valence-electron chi connectivity index (χ0n) is 13.7. The van der Waals surface area contributed by atoms with Crippen molar-refractivity contribution in [3.05, 3.63) is 0 Å². The highest BCUT2D eigenvalue weighted by Gasteiger charge is 2.57. The van der Waals surface area contributed by atoms with Crippen molar-refractivity contribution in [2.75, 3.05) is 0 Å². The Morgan fingerprint density at radius 1 is 1.13 bits per heavy atom. The molecule has 2 atom stereocenters. The Hall–Kier alpha value is -1.31. The van der Waals surface area contributed by atoms with Crippen LogP contribution in [-0.4, -0.2) is 40.5 Å². The summed E-state index contributed by atoms with van der Waals surface area (Å²) in [6.45, 7) is 4.83. The number of carbonyl (C=O) groups is 2. The summed E-state index contributed by atoms with van der Waals surface area (Å²) in [5, 5.41) is 9.20. The lowest BCUT2D eigenvalue weighted by molar-refractivity contribution is -0.259. The van der Waals surface area contributed by atoms with Crippen molar-refractivity contribution in [2.45, 2.75) is 76.9 Å². The summed E-state index contributed by atoms with van der Waals surface area (Å²) >= 11 is 0. The normalized spacial score (nSPS) is 20.7. The number of esters is 2. The predicted molar refractivity (Wildman–Crippen MR) is 74.4 cm³/mol. The maximum Gasteiger partial charge on any atom is 0.427 e. The van der Waals surface area contributed by atoms with Gasteiger partial charge in [-0.15, -0.1) is 0 Å². The molecule has 0 radical (unpaired) electrons. The van der Waals surface area contributed by atoms with Crippen LogP contribution in [0.1, 0.15) is 53.4 Å². The van der Waals surface area contributed by atoms with Gasteiger partial charge in [0.15, 0.2) is 6.10 Å². The molecule has 0 spiro atoms. The third-order valence-electron chi connectivity index (χ3n) is 4.27. The van der Waals surface area contributed by atoms with E-state index in [0.717, 1.165) is 32.6 Å². The maximum atomic E-state index is 12.5. The summed E-state index contributed by atoms with van der Waals surface area (Å²) < 4.78 is 47.4. The molecule has 0 amide bonds. The third kappa shape index (κ3) is 4.59. The van der Waals surface area contributed by atoms with Crippen LogP contribution in [0.4, 0.5) is 13.2 Å². The van der Waals surface area contributed by atoms with Gasteiger partial charge in [0.2, 0.25) is 0 Å². The van der Waals surface area contributed by atoms with Gasteiger partial charge >= 0.3 is 18.1 Å². The maximum absolute atomic E-state index is 12.5. The van der Waals surface area contributed by atoms with Crippen LogP contribution >= 0.6 is 0 Å². The predicted octanol–water partition coefficient (Wildman–Crippen LogP) is 2.74. The fourth-order valence-corrected chi connectivity index (χ4v) is 2.49. The molecule has 0 aliphatic heterocycles. The van der Waals surface area contributed by atoms with Gasteiger partial charge in [0.25, 0.3) is 5.60 Å². The van der Waals surface area contributed by atoms with E-state index in [0.29, 0.717) is 0 Å². The van der Waals surface area contributed by atoms with Gasteiger partial charge in [-0.2, -0.15) is 13.2 Å². The lowest BCUT2D eigenvalue weighted by Gasteiger charge is -2.32. The van der Waals surface area contributed by atoms with Crippen LogP contribution in [-0.2, 0) is 19.1 Å². The second kappa shape index (κ2) is 6.67. The summed E-state index contributed by atoms with van der Waals surface area (Å²) in [7, 11) is 0. The van der Waals surface area contributed by atoms with Crippen molar-refractivity contribution in [3.8, 4) is 0 Å². The average molecular weight is 340 g/mol. The van der Waals surface area contributed by atoms with E-state index in [1.165, 1.54) is 0 Å². The fourth-order valence-electron chi connectivity index (χ4n) is 2.49. The lowest BCUT2D eigenvalue weighted by Crippen LogP contribution is -2.52. The Balaban J connectivity index is 2.65. The standard InChI is InChI=1S/C15H23F3O5/c1-9(22-12(20)14(4,21)15(16,17)18)11(19)23-13(2,3)10-7-5-6-8-10/h9-10,21H,5-8H2,1-4H3. The monoisotopic (exact) mass is 340 g/mol. The van der Waals surface area contributed by atoms with E-state index < -0.39 is 35.4 Å². The fraction of sp³-hybridized carbons (Fsp3) is 0.867. The quantitative estimate of drug-likeness (QED) is 0.779. The molecule has 134 valence electrons. The van der Waals surface area contributed by atoms with Crippen LogP contribution in [0.15, 0.2) is 0 Å². The second-order valence-electron chi connectivity index (χ2n) is 6.62. The molecule has 0 aromatic carbocycles. The molecule has 1 saturated carbocycles. The largest absolute Gasteiger partial charge is 0.457 e. The third-order valence-corrected chi connectivity index (χ3v) is 4.27. The van der Waals surface area contributed by atoms with Gasteiger partial charge in [-0.3, -0.25) is 0 Å². The molecule has 2 unspecified atom stereocenters. The first-order valence-electron chi connectivity index (χ1n) is 7.52. The van der Waals surface area contributed by atoms with E-state index in [1.807, 2.05) is 0 Å². The molecule has 1 aliphatic carbocycles. The molecular formula is C15H23F3O5. The van der Waals surface area contributed by atoms with E-state index >= 15 is 0 Å². The molecule has 1 fully saturated rings. The highest BCUT2D eigenvalue weighted by molar-refractivity contribution is 5.84. The Morgan fingerprint density at radius 2 is 1.61 bits per heavy atom. The molecule has 0 bridgehead atoms. The molecular weight excluding hydrogens is 317 g/mol. The Morgan fingerprint density at radius 3 is 2.04 bits per heavy atom. The van der Waals surface area contributed by atoms with Crippen LogP contribution < -0.4 is 0 Å². The molecule has 23 heavy (non-hydrogen) atoms. The summed E-state index contributed by atoms with van der Waals surface area (Å²) in [4.78, 5) is 23.4. The summed E-state index contributed by atoms with van der Waals surface area (Å²) in [5.74, 6) is -2.71.